The van der Waals surface area contributed by atoms with Gasteiger partial charge >= 0.3 is 0 Å². The molecule has 0 saturated heterocycles. The second kappa shape index (κ2) is 7.96. The number of ether oxygens (including phenoxy) is 1. The molecule has 0 fully saturated rings. The quantitative estimate of drug-likeness (QED) is 0.746. The van der Waals surface area contributed by atoms with E-state index in [1.807, 2.05) is 0 Å². The van der Waals surface area contributed by atoms with Crippen molar-refractivity contribution >= 4 is 41.5 Å². The number of halogens is 2. The largest absolute Gasteiger partial charge is 0.370 e. The second-order valence-corrected chi connectivity index (χ2v) is 3.92. The molecule has 1 aromatic rings. The van der Waals surface area contributed by atoms with Crippen LogP contribution in [0, 0.1) is 0 Å². The average molecular weight is 308 g/mol. The maximum absolute atomic E-state index is 11.7. The Morgan fingerprint density at radius 3 is 2.53 bits per heavy atom. The van der Waals surface area contributed by atoms with Crippen molar-refractivity contribution in [3.05, 3.63) is 28.8 Å². The minimum absolute atomic E-state index is 0. The van der Waals surface area contributed by atoms with Gasteiger partial charge in [0.25, 0.3) is 5.91 Å². The SMILES string of the molecule is COC(CN)C(=O)Nc1ccc(C(N)=O)c(Cl)c1.Cl. The van der Waals surface area contributed by atoms with E-state index in [4.69, 9.17) is 27.8 Å². The van der Waals surface area contributed by atoms with Crippen molar-refractivity contribution in [1.29, 1.82) is 0 Å². The highest BCUT2D eigenvalue weighted by Crippen LogP contribution is 2.20. The van der Waals surface area contributed by atoms with Gasteiger partial charge in [-0.2, -0.15) is 0 Å². The zero-order chi connectivity index (χ0) is 13.7. The molecule has 106 valence electrons. The average Bonchev–Trinajstić information content (AvgIpc) is 2.30. The van der Waals surface area contributed by atoms with E-state index < -0.39 is 12.0 Å². The summed E-state index contributed by atoms with van der Waals surface area (Å²) in [5.41, 5.74) is 11.1. The Kier molecular flexibility index (Phi) is 7.40. The van der Waals surface area contributed by atoms with Crippen LogP contribution in [0.4, 0.5) is 5.69 Å². The number of rotatable bonds is 5. The molecule has 0 aliphatic carbocycles. The van der Waals surface area contributed by atoms with Crippen LogP contribution < -0.4 is 16.8 Å². The number of benzene rings is 1. The third-order valence-electron chi connectivity index (χ3n) is 2.29. The summed E-state index contributed by atoms with van der Waals surface area (Å²) in [6, 6.07) is 4.39. The van der Waals surface area contributed by atoms with Crippen LogP contribution in [-0.2, 0) is 9.53 Å². The molecule has 0 aliphatic rings. The highest BCUT2D eigenvalue weighted by atomic mass is 35.5. The fourth-order valence-corrected chi connectivity index (χ4v) is 1.60. The molecule has 19 heavy (non-hydrogen) atoms. The Morgan fingerprint density at radius 1 is 1.47 bits per heavy atom. The van der Waals surface area contributed by atoms with Gasteiger partial charge in [0.1, 0.15) is 6.10 Å². The van der Waals surface area contributed by atoms with Gasteiger partial charge < -0.3 is 21.5 Å². The van der Waals surface area contributed by atoms with Crippen LogP contribution >= 0.6 is 24.0 Å². The second-order valence-electron chi connectivity index (χ2n) is 3.51. The maximum Gasteiger partial charge on any atom is 0.254 e. The predicted molar refractivity (Wildman–Crippen MR) is 75.7 cm³/mol. The molecule has 0 spiro atoms. The van der Waals surface area contributed by atoms with Crippen molar-refractivity contribution in [2.24, 2.45) is 11.5 Å². The first-order valence-electron chi connectivity index (χ1n) is 5.12. The highest BCUT2D eigenvalue weighted by Gasteiger charge is 2.16. The number of primary amides is 1. The fraction of sp³-hybridized carbons (Fsp3) is 0.273. The summed E-state index contributed by atoms with van der Waals surface area (Å²) < 4.78 is 4.88. The molecule has 1 unspecified atom stereocenters. The van der Waals surface area contributed by atoms with Crippen molar-refractivity contribution < 1.29 is 14.3 Å². The van der Waals surface area contributed by atoms with Crippen LogP contribution in [0.15, 0.2) is 18.2 Å². The van der Waals surface area contributed by atoms with Crippen molar-refractivity contribution in [2.75, 3.05) is 19.0 Å². The first-order valence-corrected chi connectivity index (χ1v) is 5.50. The zero-order valence-electron chi connectivity index (χ0n) is 10.2. The molecule has 0 bridgehead atoms. The van der Waals surface area contributed by atoms with Gasteiger partial charge in [0.2, 0.25) is 5.91 Å². The number of methoxy groups -OCH3 is 1. The Balaban J connectivity index is 0.00000324. The molecule has 2 amide bonds. The topological polar surface area (TPSA) is 107 Å². The van der Waals surface area contributed by atoms with Crippen LogP contribution in [-0.4, -0.2) is 31.6 Å². The van der Waals surface area contributed by atoms with Crippen molar-refractivity contribution in [3.8, 4) is 0 Å². The molecule has 0 saturated carbocycles. The summed E-state index contributed by atoms with van der Waals surface area (Å²) in [5.74, 6) is -1.02. The third-order valence-corrected chi connectivity index (χ3v) is 2.61. The number of hydrogen-bond acceptors (Lipinski definition) is 4. The van der Waals surface area contributed by atoms with Gasteiger partial charge in [-0.1, -0.05) is 11.6 Å². The van der Waals surface area contributed by atoms with Gasteiger partial charge in [-0.15, -0.1) is 12.4 Å². The monoisotopic (exact) mass is 307 g/mol. The smallest absolute Gasteiger partial charge is 0.254 e. The number of amides is 2. The van der Waals surface area contributed by atoms with E-state index >= 15 is 0 Å². The van der Waals surface area contributed by atoms with E-state index in [2.05, 4.69) is 5.32 Å². The number of nitrogens with one attached hydrogen (secondary N) is 1. The van der Waals surface area contributed by atoms with E-state index in [0.29, 0.717) is 5.69 Å². The Morgan fingerprint density at radius 2 is 2.11 bits per heavy atom. The molecule has 5 N–H and O–H groups in total. The third kappa shape index (κ3) is 4.68. The first kappa shape index (κ1) is 17.7. The number of hydrogen-bond donors (Lipinski definition) is 3. The van der Waals surface area contributed by atoms with E-state index in [1.165, 1.54) is 25.3 Å². The zero-order valence-corrected chi connectivity index (χ0v) is 11.8. The standard InChI is InChI=1S/C11H14ClN3O3.ClH/c1-18-9(5-13)11(17)15-6-2-3-7(10(14)16)8(12)4-6;/h2-4,9H,5,13H2,1H3,(H2,14,16)(H,15,17);1H. The predicted octanol–water partition coefficient (Wildman–Crippen LogP) is 0.773. The summed E-state index contributed by atoms with van der Waals surface area (Å²) in [6.45, 7) is 0.0649. The molecular formula is C11H15Cl2N3O3. The van der Waals surface area contributed by atoms with Crippen LogP contribution in [0.1, 0.15) is 10.4 Å². The molecule has 1 atom stereocenters. The number of carbonyl (C=O) groups excluding carboxylic acids is 2. The van der Waals surface area contributed by atoms with Gasteiger partial charge in [-0.05, 0) is 18.2 Å². The summed E-state index contributed by atoms with van der Waals surface area (Å²) in [6.07, 6.45) is -0.736. The van der Waals surface area contributed by atoms with Crippen LogP contribution in [0.5, 0.6) is 0 Å². The molecule has 0 aliphatic heterocycles. The maximum atomic E-state index is 11.7. The van der Waals surface area contributed by atoms with Crippen molar-refractivity contribution in [3.63, 3.8) is 0 Å². The molecule has 0 heterocycles. The van der Waals surface area contributed by atoms with Crippen molar-refractivity contribution in [2.45, 2.75) is 6.10 Å². The number of nitrogens with two attached hydrogens (primary N) is 2. The summed E-state index contributed by atoms with van der Waals surface area (Å²) >= 11 is 5.85. The van der Waals surface area contributed by atoms with E-state index in [0.717, 1.165) is 0 Å². The summed E-state index contributed by atoms with van der Waals surface area (Å²) in [7, 11) is 1.39. The van der Waals surface area contributed by atoms with Crippen LogP contribution in [0.3, 0.4) is 0 Å². The lowest BCUT2D eigenvalue weighted by Gasteiger charge is -2.13. The first-order chi connectivity index (χ1) is 8.49. The Hall–Kier alpha value is -1.34. The van der Waals surface area contributed by atoms with Gasteiger partial charge in [0, 0.05) is 19.3 Å². The van der Waals surface area contributed by atoms with Crippen LogP contribution in [0.25, 0.3) is 0 Å². The normalized spacial score (nSPS) is 11.3. The molecule has 8 heteroatoms. The van der Waals surface area contributed by atoms with Gasteiger partial charge in [0.05, 0.1) is 10.6 Å². The van der Waals surface area contributed by atoms with E-state index in [9.17, 15) is 9.59 Å². The number of anilines is 1. The number of carbonyl (C=O) groups is 2. The van der Waals surface area contributed by atoms with Gasteiger partial charge in [-0.3, -0.25) is 9.59 Å². The van der Waals surface area contributed by atoms with Crippen LogP contribution in [0.2, 0.25) is 5.02 Å². The minimum atomic E-state index is -0.736. The molecule has 0 radical (unpaired) electrons. The lowest BCUT2D eigenvalue weighted by Crippen LogP contribution is -2.35. The molecule has 6 nitrogen and oxygen atoms in total. The molecule has 1 rings (SSSR count). The van der Waals surface area contributed by atoms with Crippen molar-refractivity contribution in [1.82, 2.24) is 0 Å². The summed E-state index contributed by atoms with van der Waals surface area (Å²) in [5, 5.41) is 2.74. The van der Waals surface area contributed by atoms with Gasteiger partial charge in [0.15, 0.2) is 0 Å². The highest BCUT2D eigenvalue weighted by molar-refractivity contribution is 6.34. The fourth-order valence-electron chi connectivity index (χ4n) is 1.33. The Bertz CT molecular complexity index is 464. The lowest BCUT2D eigenvalue weighted by molar-refractivity contribution is -0.125. The lowest BCUT2D eigenvalue weighted by atomic mass is 10.2. The molecule has 1 aromatic carbocycles. The summed E-state index contributed by atoms with van der Waals surface area (Å²) in [4.78, 5) is 22.6. The molecule has 0 aromatic heterocycles. The van der Waals surface area contributed by atoms with Gasteiger partial charge in [-0.25, -0.2) is 0 Å². The minimum Gasteiger partial charge on any atom is -0.370 e. The van der Waals surface area contributed by atoms with E-state index in [1.54, 1.807) is 0 Å². The Labute approximate surface area is 121 Å². The molecular weight excluding hydrogens is 293 g/mol. The van der Waals surface area contributed by atoms with E-state index in [-0.39, 0.29) is 35.4 Å².